The Hall–Kier alpha value is -2.52. The highest BCUT2D eigenvalue weighted by atomic mass is 32.2. The smallest absolute Gasteiger partial charge is 0.244 e. The van der Waals surface area contributed by atoms with E-state index < -0.39 is 15.9 Å². The molecule has 1 heterocycles. The number of carbonyl (C=O) groups excluding carboxylic acids is 3. The molecule has 3 aliphatic rings. The van der Waals surface area contributed by atoms with Crippen LogP contribution >= 0.6 is 0 Å². The summed E-state index contributed by atoms with van der Waals surface area (Å²) < 4.78 is 25.5. The van der Waals surface area contributed by atoms with Crippen LogP contribution in [0.3, 0.4) is 0 Å². The molecule has 1 aromatic rings. The molecule has 2 aliphatic carbocycles. The first-order valence-electron chi connectivity index (χ1n) is 9.06. The molecule has 9 heteroatoms. The third-order valence-corrected chi connectivity index (χ3v) is 7.57. The van der Waals surface area contributed by atoms with Crippen molar-refractivity contribution < 1.29 is 22.8 Å². The topological polar surface area (TPSA) is 104 Å². The Morgan fingerprint density at radius 1 is 1.14 bits per heavy atom. The van der Waals surface area contributed by atoms with Gasteiger partial charge in [0.05, 0.1) is 16.7 Å². The predicted octanol–water partition coefficient (Wildman–Crippen LogP) is 0.682. The zero-order valence-electron chi connectivity index (χ0n) is 15.5. The van der Waals surface area contributed by atoms with Gasteiger partial charge in [-0.25, -0.2) is 12.7 Å². The zero-order chi connectivity index (χ0) is 20.2. The van der Waals surface area contributed by atoms with Gasteiger partial charge in [-0.1, -0.05) is 18.2 Å². The Morgan fingerprint density at radius 2 is 1.75 bits per heavy atom. The number of allylic oxidation sites excluding steroid dienone is 2. The lowest BCUT2D eigenvalue weighted by Crippen LogP contribution is -2.39. The second kappa shape index (κ2) is 6.52. The van der Waals surface area contributed by atoms with Crippen molar-refractivity contribution in [3.63, 3.8) is 0 Å². The van der Waals surface area contributed by atoms with Gasteiger partial charge in [0.25, 0.3) is 0 Å². The van der Waals surface area contributed by atoms with Crippen LogP contribution in [0.2, 0.25) is 0 Å². The van der Waals surface area contributed by atoms with Gasteiger partial charge in [-0.2, -0.15) is 0 Å². The summed E-state index contributed by atoms with van der Waals surface area (Å²) in [5, 5.41) is 2.58. The summed E-state index contributed by atoms with van der Waals surface area (Å²) in [7, 11) is -0.793. The highest BCUT2D eigenvalue weighted by molar-refractivity contribution is 7.89. The molecule has 8 nitrogen and oxygen atoms in total. The molecule has 3 amide bonds. The van der Waals surface area contributed by atoms with Crippen LogP contribution in [0.4, 0.5) is 5.69 Å². The molecular weight excluding hydrogens is 382 g/mol. The summed E-state index contributed by atoms with van der Waals surface area (Å²) in [6.45, 7) is -0.366. The highest BCUT2D eigenvalue weighted by Crippen LogP contribution is 2.52. The third-order valence-electron chi connectivity index (χ3n) is 5.76. The van der Waals surface area contributed by atoms with Crippen molar-refractivity contribution in [3.8, 4) is 0 Å². The average molecular weight is 403 g/mol. The third kappa shape index (κ3) is 2.85. The van der Waals surface area contributed by atoms with Crippen molar-refractivity contribution in [2.75, 3.05) is 26.0 Å². The monoisotopic (exact) mass is 403 g/mol. The van der Waals surface area contributed by atoms with E-state index in [1.165, 1.54) is 32.3 Å². The average Bonchev–Trinajstić information content (AvgIpc) is 3.32. The molecule has 4 atom stereocenters. The number of anilines is 1. The number of sulfonamides is 1. The van der Waals surface area contributed by atoms with E-state index in [1.54, 1.807) is 6.07 Å². The van der Waals surface area contributed by atoms with E-state index in [2.05, 4.69) is 5.32 Å². The number of imide groups is 1. The number of fused-ring (bicyclic) bond motifs is 5. The summed E-state index contributed by atoms with van der Waals surface area (Å²) in [4.78, 5) is 38.8. The van der Waals surface area contributed by atoms with Gasteiger partial charge in [0.2, 0.25) is 27.7 Å². The van der Waals surface area contributed by atoms with Crippen LogP contribution in [0.15, 0.2) is 41.3 Å². The minimum Gasteiger partial charge on any atom is -0.324 e. The first kappa shape index (κ1) is 18.8. The van der Waals surface area contributed by atoms with Crippen molar-refractivity contribution in [3.05, 3.63) is 36.4 Å². The number of nitrogens with one attached hydrogen (secondary N) is 1. The molecule has 1 aromatic carbocycles. The molecule has 1 N–H and O–H groups in total. The molecule has 0 unspecified atom stereocenters. The summed E-state index contributed by atoms with van der Waals surface area (Å²) in [6.07, 6.45) is 4.83. The molecule has 4 rings (SSSR count). The van der Waals surface area contributed by atoms with Gasteiger partial charge in [-0.3, -0.25) is 19.3 Å². The SMILES string of the molecule is CN(C)S(=O)(=O)c1cccc(NC(=O)CN2C(=O)[C@@H]3[C@H](C2=O)[C@@H]2C=C[C@H]3C2)c1. The fourth-order valence-electron chi connectivity index (χ4n) is 4.41. The minimum absolute atomic E-state index is 0.0424. The fraction of sp³-hybridized carbons (Fsp3) is 0.421. The number of hydrogen-bond acceptors (Lipinski definition) is 5. The molecule has 28 heavy (non-hydrogen) atoms. The van der Waals surface area contributed by atoms with Gasteiger partial charge in [0.1, 0.15) is 6.54 Å². The number of carbonyl (C=O) groups is 3. The van der Waals surface area contributed by atoms with Crippen molar-refractivity contribution in [2.45, 2.75) is 11.3 Å². The zero-order valence-corrected chi connectivity index (χ0v) is 16.3. The van der Waals surface area contributed by atoms with Gasteiger partial charge >= 0.3 is 0 Å². The second-order valence-electron chi connectivity index (χ2n) is 7.63. The van der Waals surface area contributed by atoms with Gasteiger partial charge in [-0.15, -0.1) is 0 Å². The summed E-state index contributed by atoms with van der Waals surface area (Å²) in [5.41, 5.74) is 0.286. The molecule has 148 valence electrons. The minimum atomic E-state index is -3.63. The Bertz CT molecular complexity index is 971. The van der Waals surface area contributed by atoms with E-state index in [0.717, 1.165) is 15.6 Å². The summed E-state index contributed by atoms with van der Waals surface area (Å²) in [5.74, 6) is -1.62. The Labute approximate surface area is 163 Å². The van der Waals surface area contributed by atoms with Crippen LogP contribution in [0.5, 0.6) is 0 Å². The number of amides is 3. The highest BCUT2D eigenvalue weighted by Gasteiger charge is 2.59. The predicted molar refractivity (Wildman–Crippen MR) is 100 cm³/mol. The van der Waals surface area contributed by atoms with Crippen LogP contribution < -0.4 is 5.32 Å². The van der Waals surface area contributed by atoms with Gasteiger partial charge in [0, 0.05) is 19.8 Å². The summed E-state index contributed by atoms with van der Waals surface area (Å²) in [6, 6.07) is 5.85. The van der Waals surface area contributed by atoms with E-state index in [1.807, 2.05) is 12.2 Å². The van der Waals surface area contributed by atoms with E-state index in [4.69, 9.17) is 0 Å². The van der Waals surface area contributed by atoms with E-state index in [-0.39, 0.29) is 52.6 Å². The van der Waals surface area contributed by atoms with Crippen LogP contribution in [0.1, 0.15) is 6.42 Å². The van der Waals surface area contributed by atoms with Gasteiger partial charge in [-0.05, 0) is 36.5 Å². The molecule has 0 radical (unpaired) electrons. The number of nitrogens with zero attached hydrogens (tertiary/aromatic N) is 2. The molecule has 1 saturated carbocycles. The second-order valence-corrected chi connectivity index (χ2v) is 9.78. The van der Waals surface area contributed by atoms with Gasteiger partial charge < -0.3 is 5.32 Å². The largest absolute Gasteiger partial charge is 0.324 e. The first-order chi connectivity index (χ1) is 13.2. The quantitative estimate of drug-likeness (QED) is 0.575. The van der Waals surface area contributed by atoms with Crippen molar-refractivity contribution >= 4 is 33.4 Å². The number of hydrogen-bond donors (Lipinski definition) is 1. The molecular formula is C19H21N3O5S. The lowest BCUT2D eigenvalue weighted by Gasteiger charge is -2.17. The van der Waals surface area contributed by atoms with Crippen molar-refractivity contribution in [1.82, 2.24) is 9.21 Å². The molecule has 1 saturated heterocycles. The van der Waals surface area contributed by atoms with E-state index in [9.17, 15) is 22.8 Å². The van der Waals surface area contributed by atoms with Crippen LogP contribution in [0.25, 0.3) is 0 Å². The molecule has 0 aromatic heterocycles. The Morgan fingerprint density at radius 3 is 2.32 bits per heavy atom. The maximum absolute atomic E-state index is 12.6. The molecule has 2 bridgehead atoms. The van der Waals surface area contributed by atoms with Crippen LogP contribution in [-0.4, -0.2) is 56.0 Å². The summed E-state index contributed by atoms with van der Waals surface area (Å²) >= 11 is 0. The van der Waals surface area contributed by atoms with Crippen molar-refractivity contribution in [1.29, 1.82) is 0 Å². The van der Waals surface area contributed by atoms with E-state index >= 15 is 0 Å². The molecule has 0 spiro atoms. The van der Waals surface area contributed by atoms with Gasteiger partial charge in [0.15, 0.2) is 0 Å². The fourth-order valence-corrected chi connectivity index (χ4v) is 5.36. The van der Waals surface area contributed by atoms with Crippen molar-refractivity contribution in [2.24, 2.45) is 23.7 Å². The van der Waals surface area contributed by atoms with Crippen LogP contribution in [-0.2, 0) is 24.4 Å². The first-order valence-corrected chi connectivity index (χ1v) is 10.5. The standard InChI is InChI=1S/C19H21N3O5S/c1-21(2)28(26,27)14-5-3-4-13(9-14)20-15(23)10-22-18(24)16-11-6-7-12(8-11)17(16)19(22)25/h3-7,9,11-12,16-17H,8,10H2,1-2H3,(H,20,23)/t11-,12+,16-,17+. The number of rotatable bonds is 5. The number of likely N-dealkylation sites (tertiary alicyclic amines) is 1. The van der Waals surface area contributed by atoms with Crippen LogP contribution in [0, 0.1) is 23.7 Å². The van der Waals surface area contributed by atoms with E-state index in [0.29, 0.717) is 0 Å². The normalized spacial score (nSPS) is 28.3. The maximum Gasteiger partial charge on any atom is 0.244 e. The lowest BCUT2D eigenvalue weighted by molar-refractivity contribution is -0.143. The lowest BCUT2D eigenvalue weighted by atomic mass is 9.85. The Kier molecular flexibility index (Phi) is 4.39. The Balaban J connectivity index is 1.46. The number of benzene rings is 1. The maximum atomic E-state index is 12.6. The molecule has 2 fully saturated rings. The molecule has 1 aliphatic heterocycles.